The summed E-state index contributed by atoms with van der Waals surface area (Å²) in [6.07, 6.45) is 9.51. The zero-order chi connectivity index (χ0) is 10.6. The molecule has 0 aromatic rings. The third kappa shape index (κ3) is 2.91. The lowest BCUT2D eigenvalue weighted by molar-refractivity contribution is 0.306. The van der Waals surface area contributed by atoms with Crippen molar-refractivity contribution in [1.29, 1.82) is 0 Å². The molecule has 0 amide bonds. The fourth-order valence-electron chi connectivity index (χ4n) is 1.34. The van der Waals surface area contributed by atoms with Crippen molar-refractivity contribution < 1.29 is 4.74 Å². The van der Waals surface area contributed by atoms with Gasteiger partial charge in [-0.1, -0.05) is 31.2 Å². The van der Waals surface area contributed by atoms with Crippen molar-refractivity contribution >= 4 is 0 Å². The second-order valence-corrected chi connectivity index (χ2v) is 3.76. The predicted molar refractivity (Wildman–Crippen MR) is 60.9 cm³/mol. The smallest absolute Gasteiger partial charge is 0.119 e. The van der Waals surface area contributed by atoms with Gasteiger partial charge in [0.25, 0.3) is 0 Å². The first-order valence-electron chi connectivity index (χ1n) is 4.93. The Kier molecular flexibility index (Phi) is 3.75. The molecule has 0 saturated carbocycles. The summed E-state index contributed by atoms with van der Waals surface area (Å²) in [6.45, 7) is 8.17. The van der Waals surface area contributed by atoms with Crippen molar-refractivity contribution in [3.63, 3.8) is 0 Å². The van der Waals surface area contributed by atoms with E-state index in [2.05, 4.69) is 25.7 Å². The number of ether oxygens (including phenoxy) is 1. The van der Waals surface area contributed by atoms with E-state index >= 15 is 0 Å². The van der Waals surface area contributed by atoms with Gasteiger partial charge in [0.05, 0.1) is 7.11 Å². The topological polar surface area (TPSA) is 9.23 Å². The summed E-state index contributed by atoms with van der Waals surface area (Å²) in [6, 6.07) is 0. The highest BCUT2D eigenvalue weighted by Gasteiger charge is 2.03. The lowest BCUT2D eigenvalue weighted by Crippen LogP contribution is -1.95. The van der Waals surface area contributed by atoms with Crippen LogP contribution in [-0.4, -0.2) is 7.11 Å². The summed E-state index contributed by atoms with van der Waals surface area (Å²) >= 11 is 0. The Labute approximate surface area is 86.5 Å². The molecular weight excluding hydrogens is 172 g/mol. The fourth-order valence-corrected chi connectivity index (χ4v) is 1.34. The molecule has 0 fully saturated rings. The molecule has 0 aromatic carbocycles. The van der Waals surface area contributed by atoms with E-state index in [9.17, 15) is 0 Å². The Morgan fingerprint density at radius 2 is 2.29 bits per heavy atom. The first kappa shape index (κ1) is 10.8. The highest BCUT2D eigenvalue weighted by atomic mass is 16.5. The standard InChI is InChI=1S/C13H18O/c1-10(2)12-7-5-11(3)6-8-13(9-12)14-4/h6-9,11H,1,5H2,2-4H3/b8-6-,12-7-,13-9+. The van der Waals surface area contributed by atoms with Crippen LogP contribution in [0.5, 0.6) is 0 Å². The zero-order valence-electron chi connectivity index (χ0n) is 9.21. The van der Waals surface area contributed by atoms with Crippen LogP contribution in [0.4, 0.5) is 0 Å². The average Bonchev–Trinajstić information content (AvgIpc) is 2.12. The summed E-state index contributed by atoms with van der Waals surface area (Å²) in [5, 5.41) is 0. The Morgan fingerprint density at radius 1 is 1.57 bits per heavy atom. The van der Waals surface area contributed by atoms with E-state index in [1.165, 1.54) is 5.57 Å². The second-order valence-electron chi connectivity index (χ2n) is 3.76. The van der Waals surface area contributed by atoms with E-state index in [1.54, 1.807) is 7.11 Å². The van der Waals surface area contributed by atoms with Crippen LogP contribution in [0.1, 0.15) is 20.3 Å². The molecule has 1 aliphatic carbocycles. The van der Waals surface area contributed by atoms with Crippen molar-refractivity contribution in [3.05, 3.63) is 47.8 Å². The molecule has 0 radical (unpaired) electrons. The van der Waals surface area contributed by atoms with Crippen LogP contribution < -0.4 is 0 Å². The molecule has 1 rings (SSSR count). The van der Waals surface area contributed by atoms with Crippen molar-refractivity contribution in [2.45, 2.75) is 20.3 Å². The number of allylic oxidation sites excluding steroid dienone is 6. The van der Waals surface area contributed by atoms with Crippen LogP contribution in [0.3, 0.4) is 0 Å². The van der Waals surface area contributed by atoms with Crippen LogP contribution in [0.2, 0.25) is 0 Å². The average molecular weight is 190 g/mol. The number of hydrogen-bond acceptors (Lipinski definition) is 1. The Bertz CT molecular complexity index is 305. The van der Waals surface area contributed by atoms with Gasteiger partial charge < -0.3 is 4.74 Å². The molecule has 0 saturated heterocycles. The summed E-state index contributed by atoms with van der Waals surface area (Å²) < 4.78 is 5.25. The molecule has 76 valence electrons. The van der Waals surface area contributed by atoms with Crippen molar-refractivity contribution in [2.75, 3.05) is 7.11 Å². The maximum absolute atomic E-state index is 5.25. The maximum atomic E-state index is 5.25. The van der Waals surface area contributed by atoms with E-state index in [0.29, 0.717) is 5.92 Å². The van der Waals surface area contributed by atoms with E-state index in [0.717, 1.165) is 17.8 Å². The largest absolute Gasteiger partial charge is 0.497 e. The van der Waals surface area contributed by atoms with Crippen LogP contribution in [-0.2, 0) is 4.74 Å². The van der Waals surface area contributed by atoms with Gasteiger partial charge in [-0.25, -0.2) is 0 Å². The highest BCUT2D eigenvalue weighted by molar-refractivity contribution is 5.40. The van der Waals surface area contributed by atoms with Crippen LogP contribution in [0, 0.1) is 5.92 Å². The van der Waals surface area contributed by atoms with Gasteiger partial charge in [0.2, 0.25) is 0 Å². The molecular formula is C13H18O. The Hall–Kier alpha value is -1.24. The summed E-state index contributed by atoms with van der Waals surface area (Å²) in [4.78, 5) is 0. The predicted octanol–water partition coefficient (Wildman–Crippen LogP) is 3.62. The van der Waals surface area contributed by atoms with Gasteiger partial charge in [0.15, 0.2) is 0 Å². The highest BCUT2D eigenvalue weighted by Crippen LogP contribution is 2.19. The molecule has 1 atom stereocenters. The summed E-state index contributed by atoms with van der Waals surface area (Å²) in [5.41, 5.74) is 2.26. The first-order chi connectivity index (χ1) is 6.63. The van der Waals surface area contributed by atoms with Gasteiger partial charge in [0, 0.05) is 0 Å². The normalized spacial score (nSPS) is 31.5. The van der Waals surface area contributed by atoms with Gasteiger partial charge in [0.1, 0.15) is 5.76 Å². The van der Waals surface area contributed by atoms with Crippen molar-refractivity contribution in [3.8, 4) is 0 Å². The third-order valence-corrected chi connectivity index (χ3v) is 2.32. The number of hydrogen-bond donors (Lipinski definition) is 0. The van der Waals surface area contributed by atoms with E-state index in [4.69, 9.17) is 4.74 Å². The monoisotopic (exact) mass is 190 g/mol. The first-order valence-corrected chi connectivity index (χ1v) is 4.93. The van der Waals surface area contributed by atoms with E-state index in [1.807, 2.05) is 19.1 Å². The van der Waals surface area contributed by atoms with Gasteiger partial charge in [-0.05, 0) is 37.0 Å². The molecule has 14 heavy (non-hydrogen) atoms. The molecule has 0 bridgehead atoms. The van der Waals surface area contributed by atoms with Gasteiger partial charge >= 0.3 is 0 Å². The molecule has 0 aliphatic heterocycles. The number of methoxy groups -OCH3 is 1. The minimum atomic E-state index is 0.559. The molecule has 0 aromatic heterocycles. The van der Waals surface area contributed by atoms with Gasteiger partial charge in [-0.2, -0.15) is 0 Å². The summed E-state index contributed by atoms with van der Waals surface area (Å²) in [7, 11) is 1.69. The molecule has 0 heterocycles. The van der Waals surface area contributed by atoms with Gasteiger partial charge in [-0.3, -0.25) is 0 Å². The van der Waals surface area contributed by atoms with Crippen LogP contribution in [0.15, 0.2) is 47.8 Å². The molecule has 1 heteroatoms. The maximum Gasteiger partial charge on any atom is 0.119 e. The lowest BCUT2D eigenvalue weighted by Gasteiger charge is -2.10. The van der Waals surface area contributed by atoms with Crippen molar-refractivity contribution in [1.82, 2.24) is 0 Å². The molecule has 1 nitrogen and oxygen atoms in total. The SMILES string of the molecule is C=C(C)C1=C\CC(C)\C=C/C(OC)=C\1. The minimum absolute atomic E-state index is 0.559. The molecule has 1 aliphatic rings. The van der Waals surface area contributed by atoms with Gasteiger partial charge in [-0.15, -0.1) is 0 Å². The molecule has 0 N–H and O–H groups in total. The molecule has 0 spiro atoms. The molecule has 1 unspecified atom stereocenters. The number of rotatable bonds is 2. The van der Waals surface area contributed by atoms with E-state index < -0.39 is 0 Å². The van der Waals surface area contributed by atoms with Crippen LogP contribution in [0.25, 0.3) is 0 Å². The summed E-state index contributed by atoms with van der Waals surface area (Å²) in [5.74, 6) is 1.45. The second kappa shape index (κ2) is 4.85. The lowest BCUT2D eigenvalue weighted by atomic mass is 9.99. The quantitative estimate of drug-likeness (QED) is 0.646. The Morgan fingerprint density at radius 3 is 2.86 bits per heavy atom. The zero-order valence-corrected chi connectivity index (χ0v) is 9.21. The fraction of sp³-hybridized carbons (Fsp3) is 0.385. The third-order valence-electron chi connectivity index (χ3n) is 2.32. The minimum Gasteiger partial charge on any atom is -0.497 e. The van der Waals surface area contributed by atoms with Crippen molar-refractivity contribution in [2.24, 2.45) is 5.92 Å². The van der Waals surface area contributed by atoms with Crippen LogP contribution >= 0.6 is 0 Å². The Balaban J connectivity index is 3.00. The van der Waals surface area contributed by atoms with E-state index in [-0.39, 0.29) is 0 Å².